The Morgan fingerprint density at radius 3 is 3.06 bits per heavy atom. The van der Waals surface area contributed by atoms with Gasteiger partial charge in [0.1, 0.15) is 0 Å². The number of nitrogens with one attached hydrogen (secondary N) is 2. The lowest BCUT2D eigenvalue weighted by Crippen LogP contribution is -2.01. The van der Waals surface area contributed by atoms with Crippen molar-refractivity contribution in [2.24, 2.45) is 0 Å². The van der Waals surface area contributed by atoms with E-state index in [0.717, 1.165) is 16.9 Å². The van der Waals surface area contributed by atoms with Crippen LogP contribution in [0.4, 0.5) is 5.95 Å². The highest BCUT2D eigenvalue weighted by molar-refractivity contribution is 5.45. The van der Waals surface area contributed by atoms with E-state index < -0.39 is 0 Å². The topological polar surface area (TPSA) is 70.9 Å². The zero-order chi connectivity index (χ0) is 12.5. The number of hydrogen-bond donors (Lipinski definition) is 2. The second kappa shape index (κ2) is 4.14. The first-order chi connectivity index (χ1) is 8.72. The Morgan fingerprint density at radius 1 is 1.39 bits per heavy atom. The number of nitrogens with zero attached hydrogens (tertiary/aromatic N) is 4. The number of aryl methyl sites for hydroxylation is 2. The molecule has 92 valence electrons. The number of aromatic amines is 1. The van der Waals surface area contributed by atoms with Gasteiger partial charge in [-0.05, 0) is 31.5 Å². The molecule has 0 amide bonds. The highest BCUT2D eigenvalue weighted by Gasteiger charge is 2.05. The maximum Gasteiger partial charge on any atom is 0.243 e. The quantitative estimate of drug-likeness (QED) is 0.733. The first kappa shape index (κ1) is 10.8. The Kier molecular flexibility index (Phi) is 2.47. The minimum atomic E-state index is 0.626. The molecule has 0 bridgehead atoms. The van der Waals surface area contributed by atoms with Crippen LogP contribution >= 0.6 is 0 Å². The van der Waals surface area contributed by atoms with Crippen LogP contribution < -0.4 is 5.32 Å². The van der Waals surface area contributed by atoms with Crippen molar-refractivity contribution in [2.45, 2.75) is 20.4 Å². The Morgan fingerprint density at radius 2 is 2.28 bits per heavy atom. The summed E-state index contributed by atoms with van der Waals surface area (Å²) in [6.45, 7) is 4.69. The molecular weight excluding hydrogens is 228 g/mol. The van der Waals surface area contributed by atoms with Crippen LogP contribution in [-0.4, -0.2) is 24.8 Å². The smallest absolute Gasteiger partial charge is 0.243 e. The molecule has 0 saturated carbocycles. The lowest BCUT2D eigenvalue weighted by atomic mass is 10.3. The lowest BCUT2D eigenvalue weighted by molar-refractivity contribution is 0.946. The van der Waals surface area contributed by atoms with Crippen molar-refractivity contribution in [1.29, 1.82) is 0 Å². The molecule has 3 heterocycles. The molecule has 3 rings (SSSR count). The summed E-state index contributed by atoms with van der Waals surface area (Å²) in [5, 5.41) is 14.4. The summed E-state index contributed by atoms with van der Waals surface area (Å²) >= 11 is 0. The molecule has 0 aromatic carbocycles. The Labute approximate surface area is 104 Å². The fourth-order valence-electron chi connectivity index (χ4n) is 1.79. The first-order valence-corrected chi connectivity index (χ1v) is 5.78. The van der Waals surface area contributed by atoms with Gasteiger partial charge in [-0.3, -0.25) is 5.10 Å². The van der Waals surface area contributed by atoms with Crippen molar-refractivity contribution in [3.8, 4) is 0 Å². The standard InChI is InChI=1S/C12H14N6/c1-8-3-4-18-11(5-8)15-12(17-18)13-6-10-7-14-16-9(10)2/h3-5,7H,6H2,1-2H3,(H,13,17)(H,14,16). The van der Waals surface area contributed by atoms with E-state index in [9.17, 15) is 0 Å². The monoisotopic (exact) mass is 242 g/mol. The molecule has 3 aromatic heterocycles. The number of rotatable bonds is 3. The van der Waals surface area contributed by atoms with E-state index >= 15 is 0 Å². The highest BCUT2D eigenvalue weighted by Crippen LogP contribution is 2.09. The van der Waals surface area contributed by atoms with Crippen molar-refractivity contribution in [3.63, 3.8) is 0 Å². The van der Waals surface area contributed by atoms with E-state index in [1.54, 1.807) is 4.52 Å². The van der Waals surface area contributed by atoms with Crippen molar-refractivity contribution in [2.75, 3.05) is 5.32 Å². The molecule has 0 fully saturated rings. The predicted molar refractivity (Wildman–Crippen MR) is 68.4 cm³/mol. The van der Waals surface area contributed by atoms with Crippen molar-refractivity contribution >= 4 is 11.6 Å². The summed E-state index contributed by atoms with van der Waals surface area (Å²) < 4.78 is 1.76. The van der Waals surface area contributed by atoms with Gasteiger partial charge < -0.3 is 5.32 Å². The number of anilines is 1. The summed E-state index contributed by atoms with van der Waals surface area (Å²) in [4.78, 5) is 4.41. The minimum absolute atomic E-state index is 0.626. The van der Waals surface area contributed by atoms with Crippen LogP contribution in [0.15, 0.2) is 24.5 Å². The molecule has 0 atom stereocenters. The SMILES string of the molecule is Cc1ccn2nc(NCc3cn[nH]c3C)nc2c1. The molecule has 2 N–H and O–H groups in total. The molecule has 0 saturated heterocycles. The van der Waals surface area contributed by atoms with Crippen molar-refractivity contribution in [1.82, 2.24) is 24.8 Å². The first-order valence-electron chi connectivity index (χ1n) is 5.78. The van der Waals surface area contributed by atoms with E-state index in [1.165, 1.54) is 5.56 Å². The molecule has 0 aliphatic carbocycles. The molecule has 0 unspecified atom stereocenters. The van der Waals surface area contributed by atoms with Crippen LogP contribution in [0.5, 0.6) is 0 Å². The van der Waals surface area contributed by atoms with E-state index in [4.69, 9.17) is 0 Å². The van der Waals surface area contributed by atoms with Gasteiger partial charge >= 0.3 is 0 Å². The summed E-state index contributed by atoms with van der Waals surface area (Å²) in [7, 11) is 0. The van der Waals surface area contributed by atoms with Crippen LogP contribution in [0.25, 0.3) is 5.65 Å². The van der Waals surface area contributed by atoms with Gasteiger partial charge in [0.2, 0.25) is 5.95 Å². The average Bonchev–Trinajstić information content (AvgIpc) is 2.92. The zero-order valence-corrected chi connectivity index (χ0v) is 10.3. The summed E-state index contributed by atoms with van der Waals surface area (Å²) in [6, 6.07) is 4.01. The van der Waals surface area contributed by atoms with Crippen LogP contribution in [0, 0.1) is 13.8 Å². The van der Waals surface area contributed by atoms with E-state index in [1.807, 2.05) is 38.4 Å². The van der Waals surface area contributed by atoms with Gasteiger partial charge in [0.15, 0.2) is 5.65 Å². The molecule has 0 aliphatic heterocycles. The zero-order valence-electron chi connectivity index (χ0n) is 10.3. The highest BCUT2D eigenvalue weighted by atomic mass is 15.3. The molecule has 3 aromatic rings. The van der Waals surface area contributed by atoms with Gasteiger partial charge in [-0.25, -0.2) is 4.52 Å². The third kappa shape index (κ3) is 1.92. The van der Waals surface area contributed by atoms with Gasteiger partial charge in [0.25, 0.3) is 0 Å². The van der Waals surface area contributed by atoms with Crippen LogP contribution in [-0.2, 0) is 6.54 Å². The molecule has 18 heavy (non-hydrogen) atoms. The fourth-order valence-corrected chi connectivity index (χ4v) is 1.79. The molecule has 0 spiro atoms. The van der Waals surface area contributed by atoms with Crippen LogP contribution in [0.1, 0.15) is 16.8 Å². The Hall–Kier alpha value is -2.37. The van der Waals surface area contributed by atoms with E-state index in [-0.39, 0.29) is 0 Å². The molecule has 0 radical (unpaired) electrons. The van der Waals surface area contributed by atoms with Crippen LogP contribution in [0.2, 0.25) is 0 Å². The number of hydrogen-bond acceptors (Lipinski definition) is 4. The second-order valence-electron chi connectivity index (χ2n) is 4.32. The molecular formula is C12H14N6. The maximum absolute atomic E-state index is 4.41. The largest absolute Gasteiger partial charge is 0.349 e. The number of aromatic nitrogens is 5. The Bertz CT molecular complexity index is 681. The average molecular weight is 242 g/mol. The normalized spacial score (nSPS) is 11.0. The van der Waals surface area contributed by atoms with Gasteiger partial charge in [-0.15, -0.1) is 5.10 Å². The van der Waals surface area contributed by atoms with Gasteiger partial charge in [-0.1, -0.05) is 0 Å². The molecule has 0 aliphatic rings. The van der Waals surface area contributed by atoms with E-state index in [2.05, 4.69) is 25.6 Å². The van der Waals surface area contributed by atoms with Gasteiger partial charge in [0, 0.05) is 24.0 Å². The number of fused-ring (bicyclic) bond motifs is 1. The third-order valence-electron chi connectivity index (χ3n) is 2.86. The molecule has 6 nitrogen and oxygen atoms in total. The number of H-pyrrole nitrogens is 1. The third-order valence-corrected chi connectivity index (χ3v) is 2.86. The lowest BCUT2D eigenvalue weighted by Gasteiger charge is -1.99. The fraction of sp³-hybridized carbons (Fsp3) is 0.250. The number of pyridine rings is 1. The van der Waals surface area contributed by atoms with Gasteiger partial charge in [0.05, 0.1) is 6.20 Å². The van der Waals surface area contributed by atoms with Crippen LogP contribution in [0.3, 0.4) is 0 Å². The minimum Gasteiger partial charge on any atom is -0.349 e. The van der Waals surface area contributed by atoms with E-state index in [0.29, 0.717) is 12.5 Å². The van der Waals surface area contributed by atoms with Gasteiger partial charge in [-0.2, -0.15) is 10.1 Å². The Balaban J connectivity index is 1.81. The summed E-state index contributed by atoms with van der Waals surface area (Å²) in [6.07, 6.45) is 3.72. The predicted octanol–water partition coefficient (Wildman–Crippen LogP) is 1.68. The maximum atomic E-state index is 4.41. The molecule has 6 heteroatoms. The van der Waals surface area contributed by atoms with Crippen molar-refractivity contribution < 1.29 is 0 Å². The summed E-state index contributed by atoms with van der Waals surface area (Å²) in [5.74, 6) is 0.626. The second-order valence-corrected chi connectivity index (χ2v) is 4.32. The summed E-state index contributed by atoms with van der Waals surface area (Å²) in [5.41, 5.74) is 4.20. The van der Waals surface area contributed by atoms with Crippen molar-refractivity contribution in [3.05, 3.63) is 41.3 Å².